The first-order valence-corrected chi connectivity index (χ1v) is 7.69. The van der Waals surface area contributed by atoms with Crippen LogP contribution in [-0.4, -0.2) is 31.8 Å². The Kier molecular flexibility index (Phi) is 4.13. The molecule has 104 valence electrons. The average Bonchev–Trinajstić information content (AvgIpc) is 2.39. The number of hydrogen-bond donors (Lipinski definition) is 0. The van der Waals surface area contributed by atoms with Crippen LogP contribution in [-0.2, 0) is 14.8 Å². The molecule has 5 nitrogen and oxygen atoms in total. The maximum Gasteiger partial charge on any atom is 0.243 e. The van der Waals surface area contributed by atoms with Gasteiger partial charge in [0.1, 0.15) is 0 Å². The van der Waals surface area contributed by atoms with E-state index in [0.29, 0.717) is 24.4 Å². The molecule has 1 saturated heterocycles. The van der Waals surface area contributed by atoms with Crippen LogP contribution in [0.5, 0.6) is 0 Å². The van der Waals surface area contributed by atoms with Crippen LogP contribution in [0.2, 0.25) is 5.02 Å². The van der Waals surface area contributed by atoms with Crippen molar-refractivity contribution in [1.82, 2.24) is 4.31 Å². The van der Waals surface area contributed by atoms with Crippen molar-refractivity contribution in [1.29, 1.82) is 0 Å². The molecule has 0 spiro atoms. The van der Waals surface area contributed by atoms with E-state index >= 15 is 0 Å². The number of hydrogen-bond acceptors (Lipinski definition) is 4. The first kappa shape index (κ1) is 14.3. The molecule has 0 N–H and O–H groups in total. The topological polar surface area (TPSA) is 77.5 Å². The highest BCUT2D eigenvalue weighted by atomic mass is 35.5. The zero-order valence-electron chi connectivity index (χ0n) is 10.1. The van der Waals surface area contributed by atoms with Gasteiger partial charge in [-0.15, -0.1) is 0 Å². The highest BCUT2D eigenvalue weighted by Gasteiger charge is 2.30. The highest BCUT2D eigenvalue weighted by Crippen LogP contribution is 2.24. The maximum absolute atomic E-state index is 12.3. The number of benzene rings is 1. The number of nitrogens with zero attached hydrogens (tertiary/aromatic N) is 1. The lowest BCUT2D eigenvalue weighted by atomic mass is 10.0. The van der Waals surface area contributed by atoms with E-state index in [2.05, 4.69) is 0 Å². The number of carbonyl (C=O) groups is 1. The van der Waals surface area contributed by atoms with Crippen molar-refractivity contribution >= 4 is 27.6 Å². The van der Waals surface area contributed by atoms with Crippen LogP contribution >= 0.6 is 11.6 Å². The molecule has 2 rings (SSSR count). The third-order valence-corrected chi connectivity index (χ3v) is 5.30. The van der Waals surface area contributed by atoms with Gasteiger partial charge in [-0.2, -0.15) is 4.31 Å². The Morgan fingerprint density at radius 3 is 2.53 bits per heavy atom. The van der Waals surface area contributed by atoms with Crippen molar-refractivity contribution in [3.05, 3.63) is 29.3 Å². The van der Waals surface area contributed by atoms with Gasteiger partial charge in [0, 0.05) is 30.0 Å². The number of halogens is 1. The summed E-state index contributed by atoms with van der Waals surface area (Å²) < 4.78 is 25.9. The first-order valence-electron chi connectivity index (χ1n) is 5.88. The Morgan fingerprint density at radius 2 is 1.95 bits per heavy atom. The fourth-order valence-corrected chi connectivity index (χ4v) is 3.76. The monoisotopic (exact) mass is 302 g/mol. The van der Waals surface area contributed by atoms with Crippen LogP contribution in [0.1, 0.15) is 12.8 Å². The lowest BCUT2D eigenvalue weighted by Gasteiger charge is -2.32. The van der Waals surface area contributed by atoms with Gasteiger partial charge in [-0.1, -0.05) is 11.6 Å². The molecule has 0 bridgehead atoms. The van der Waals surface area contributed by atoms with Gasteiger partial charge >= 0.3 is 0 Å². The number of sulfonamides is 1. The fourth-order valence-electron chi connectivity index (χ4n) is 2.11. The minimum atomic E-state index is -3.66. The van der Waals surface area contributed by atoms with Crippen molar-refractivity contribution in [2.24, 2.45) is 5.92 Å². The minimum Gasteiger partial charge on any atom is -0.550 e. The van der Waals surface area contributed by atoms with Gasteiger partial charge in [-0.05, 0) is 37.1 Å². The summed E-state index contributed by atoms with van der Waals surface area (Å²) >= 11 is 5.72. The number of aliphatic carboxylic acids is 1. The molecule has 19 heavy (non-hydrogen) atoms. The van der Waals surface area contributed by atoms with Gasteiger partial charge in [0.25, 0.3) is 0 Å². The molecule has 1 aromatic rings. The molecule has 0 saturated carbocycles. The van der Waals surface area contributed by atoms with E-state index in [1.165, 1.54) is 28.6 Å². The number of carbonyl (C=O) groups excluding carboxylic acids is 1. The summed E-state index contributed by atoms with van der Waals surface area (Å²) in [5, 5.41) is 11.3. The van der Waals surface area contributed by atoms with E-state index in [4.69, 9.17) is 11.6 Å². The molecular weight excluding hydrogens is 290 g/mol. The van der Waals surface area contributed by atoms with E-state index in [1.54, 1.807) is 0 Å². The number of carboxylic acid groups (broad SMARTS) is 1. The van der Waals surface area contributed by atoms with Gasteiger partial charge in [-0.3, -0.25) is 0 Å². The summed E-state index contributed by atoms with van der Waals surface area (Å²) in [4.78, 5) is 11.0. The molecule has 7 heteroatoms. The Bertz CT molecular complexity index is 570. The van der Waals surface area contributed by atoms with Crippen molar-refractivity contribution < 1.29 is 18.3 Å². The summed E-state index contributed by atoms with van der Waals surface area (Å²) in [6.07, 6.45) is 0.973. The molecule has 1 aliphatic rings. The molecular formula is C12H13ClNO4S-. The summed E-state index contributed by atoms with van der Waals surface area (Å²) in [5.74, 6) is -1.94. The van der Waals surface area contributed by atoms with Crippen LogP contribution < -0.4 is 5.11 Å². The number of rotatable bonds is 3. The zero-order chi connectivity index (χ0) is 14.0. The predicted molar refractivity (Wildman–Crippen MR) is 67.9 cm³/mol. The normalized spacial score (nSPS) is 21.2. The number of piperidine rings is 1. The second-order valence-corrected chi connectivity index (χ2v) is 6.85. The van der Waals surface area contributed by atoms with Crippen LogP contribution in [0.15, 0.2) is 29.2 Å². The second-order valence-electron chi connectivity index (χ2n) is 4.48. The van der Waals surface area contributed by atoms with Gasteiger partial charge in [-0.25, -0.2) is 8.42 Å². The molecule has 1 heterocycles. The Morgan fingerprint density at radius 1 is 1.32 bits per heavy atom. The molecule has 1 atom stereocenters. The lowest BCUT2D eigenvalue weighted by Crippen LogP contribution is -2.46. The van der Waals surface area contributed by atoms with Gasteiger partial charge in [0.05, 0.1) is 4.90 Å². The second kappa shape index (κ2) is 5.48. The van der Waals surface area contributed by atoms with Crippen molar-refractivity contribution in [2.45, 2.75) is 17.7 Å². The smallest absolute Gasteiger partial charge is 0.243 e. The third-order valence-electron chi connectivity index (χ3n) is 3.17. The molecule has 0 amide bonds. The standard InChI is InChI=1S/C12H14ClNO4S/c13-10-3-5-11(6-4-10)19(17,18)14-7-1-2-9(8-14)12(15)16/h3-6,9H,1-2,7-8H2,(H,15,16)/p-1/t9-/m0/s1. The molecule has 0 aromatic heterocycles. The van der Waals surface area contributed by atoms with E-state index < -0.39 is 21.9 Å². The first-order chi connectivity index (χ1) is 8.91. The maximum atomic E-state index is 12.3. The third kappa shape index (κ3) is 3.08. The SMILES string of the molecule is O=C([O-])[C@H]1CCCN(S(=O)(=O)c2ccc(Cl)cc2)C1. The minimum absolute atomic E-state index is 0.0344. The largest absolute Gasteiger partial charge is 0.550 e. The molecule has 0 radical (unpaired) electrons. The van der Waals surface area contributed by atoms with Crippen LogP contribution in [0.25, 0.3) is 0 Å². The highest BCUT2D eigenvalue weighted by molar-refractivity contribution is 7.89. The predicted octanol–water partition coefficient (Wildman–Crippen LogP) is 0.491. The molecule has 0 aliphatic carbocycles. The Labute approximate surface area is 116 Å². The van der Waals surface area contributed by atoms with E-state index in [1.807, 2.05) is 0 Å². The molecule has 1 fully saturated rings. The van der Waals surface area contributed by atoms with E-state index in [-0.39, 0.29) is 11.4 Å². The summed E-state index contributed by atoms with van der Waals surface area (Å²) in [6.45, 7) is 0.294. The van der Waals surface area contributed by atoms with Crippen LogP contribution in [0.4, 0.5) is 0 Å². The van der Waals surface area contributed by atoms with E-state index in [9.17, 15) is 18.3 Å². The number of carboxylic acids is 1. The summed E-state index contributed by atoms with van der Waals surface area (Å²) in [7, 11) is -3.66. The molecule has 1 aromatic carbocycles. The Balaban J connectivity index is 2.24. The van der Waals surface area contributed by atoms with Crippen molar-refractivity contribution in [3.8, 4) is 0 Å². The summed E-state index contributed by atoms with van der Waals surface area (Å²) in [5.41, 5.74) is 0. The fraction of sp³-hybridized carbons (Fsp3) is 0.417. The Hall–Kier alpha value is -1.11. The van der Waals surface area contributed by atoms with Crippen LogP contribution in [0, 0.1) is 5.92 Å². The zero-order valence-corrected chi connectivity index (χ0v) is 11.7. The van der Waals surface area contributed by atoms with Crippen molar-refractivity contribution in [3.63, 3.8) is 0 Å². The quantitative estimate of drug-likeness (QED) is 0.814. The molecule has 1 aliphatic heterocycles. The average molecular weight is 303 g/mol. The van der Waals surface area contributed by atoms with Gasteiger partial charge in [0.2, 0.25) is 10.0 Å². The van der Waals surface area contributed by atoms with Crippen molar-refractivity contribution in [2.75, 3.05) is 13.1 Å². The van der Waals surface area contributed by atoms with Gasteiger partial charge < -0.3 is 9.90 Å². The van der Waals surface area contributed by atoms with Gasteiger partial charge in [0.15, 0.2) is 0 Å². The van der Waals surface area contributed by atoms with E-state index in [0.717, 1.165) is 0 Å². The van der Waals surface area contributed by atoms with Crippen LogP contribution in [0.3, 0.4) is 0 Å². The summed E-state index contributed by atoms with van der Waals surface area (Å²) in [6, 6.07) is 5.82. The lowest BCUT2D eigenvalue weighted by molar-refractivity contribution is -0.312. The molecule has 0 unspecified atom stereocenters.